The zero-order valence-electron chi connectivity index (χ0n) is 11.1. The normalized spacial score (nSPS) is 20.6. The summed E-state index contributed by atoms with van der Waals surface area (Å²) in [5.74, 6) is 0. The number of anilines is 2. The molecule has 4 nitrogen and oxygen atoms in total. The van der Waals surface area contributed by atoms with E-state index in [0.29, 0.717) is 11.8 Å². The van der Waals surface area contributed by atoms with Crippen molar-refractivity contribution in [3.8, 4) is 0 Å². The summed E-state index contributed by atoms with van der Waals surface area (Å²) in [6.07, 6.45) is 4.37. The van der Waals surface area contributed by atoms with Crippen molar-refractivity contribution in [3.05, 3.63) is 30.5 Å². The standard InChI is InChI=1S/C15H19N3O/c1-10(14-6-3-9-19-14)18-13-7-8-17-15-11(13)4-2-5-12(15)16/h2,4-5,7-8,10,14H,3,6,9,16H2,1H3,(H,17,18). The summed E-state index contributed by atoms with van der Waals surface area (Å²) < 4.78 is 5.72. The van der Waals surface area contributed by atoms with Crippen LogP contribution in [0.5, 0.6) is 0 Å². The number of aromatic nitrogens is 1. The molecule has 3 rings (SSSR count). The van der Waals surface area contributed by atoms with Crippen LogP contribution in [0.3, 0.4) is 0 Å². The third kappa shape index (κ3) is 2.36. The first-order valence-corrected chi connectivity index (χ1v) is 6.77. The number of rotatable bonds is 3. The summed E-state index contributed by atoms with van der Waals surface area (Å²) in [6, 6.07) is 8.16. The molecule has 0 bridgehead atoms. The Kier molecular flexibility index (Phi) is 3.25. The van der Waals surface area contributed by atoms with Gasteiger partial charge in [0.1, 0.15) is 0 Å². The van der Waals surface area contributed by atoms with Crippen LogP contribution < -0.4 is 11.1 Å². The van der Waals surface area contributed by atoms with Crippen molar-refractivity contribution in [1.29, 1.82) is 0 Å². The van der Waals surface area contributed by atoms with Crippen LogP contribution in [0.15, 0.2) is 30.5 Å². The van der Waals surface area contributed by atoms with E-state index in [2.05, 4.69) is 17.2 Å². The summed E-state index contributed by atoms with van der Waals surface area (Å²) in [4.78, 5) is 4.35. The molecule has 2 atom stereocenters. The van der Waals surface area contributed by atoms with Gasteiger partial charge in [0.2, 0.25) is 0 Å². The molecule has 1 aliphatic rings. The maximum Gasteiger partial charge on any atom is 0.0951 e. The Morgan fingerprint density at radius 1 is 1.42 bits per heavy atom. The minimum absolute atomic E-state index is 0.287. The van der Waals surface area contributed by atoms with E-state index in [1.54, 1.807) is 6.20 Å². The van der Waals surface area contributed by atoms with Crippen LogP contribution in [0.25, 0.3) is 10.9 Å². The zero-order chi connectivity index (χ0) is 13.2. The fourth-order valence-corrected chi connectivity index (χ4v) is 2.66. The molecule has 19 heavy (non-hydrogen) atoms. The summed E-state index contributed by atoms with van der Waals surface area (Å²) in [7, 11) is 0. The van der Waals surface area contributed by atoms with Gasteiger partial charge in [-0.25, -0.2) is 0 Å². The van der Waals surface area contributed by atoms with E-state index in [9.17, 15) is 0 Å². The molecule has 1 saturated heterocycles. The molecular weight excluding hydrogens is 238 g/mol. The van der Waals surface area contributed by atoms with Gasteiger partial charge in [0.25, 0.3) is 0 Å². The molecule has 0 radical (unpaired) electrons. The number of fused-ring (bicyclic) bond motifs is 1. The molecule has 3 N–H and O–H groups in total. The zero-order valence-corrected chi connectivity index (χ0v) is 11.1. The maximum absolute atomic E-state index is 5.96. The van der Waals surface area contributed by atoms with Crippen LogP contribution >= 0.6 is 0 Å². The molecule has 1 aliphatic heterocycles. The van der Waals surface area contributed by atoms with Gasteiger partial charge in [0, 0.05) is 29.9 Å². The molecule has 2 unspecified atom stereocenters. The minimum Gasteiger partial charge on any atom is -0.397 e. The Morgan fingerprint density at radius 3 is 3.11 bits per heavy atom. The summed E-state index contributed by atoms with van der Waals surface area (Å²) in [5, 5.41) is 4.60. The van der Waals surface area contributed by atoms with Gasteiger partial charge < -0.3 is 15.8 Å². The maximum atomic E-state index is 5.96. The van der Waals surface area contributed by atoms with Crippen molar-refractivity contribution < 1.29 is 4.74 Å². The van der Waals surface area contributed by atoms with Gasteiger partial charge in [0.15, 0.2) is 0 Å². The van der Waals surface area contributed by atoms with Crippen LogP contribution in [0.4, 0.5) is 11.4 Å². The SMILES string of the molecule is CC(Nc1ccnc2c(N)cccc12)C1CCCO1. The van der Waals surface area contributed by atoms with E-state index in [1.165, 1.54) is 0 Å². The highest BCUT2D eigenvalue weighted by Crippen LogP contribution is 2.27. The number of ether oxygens (including phenoxy) is 1. The largest absolute Gasteiger partial charge is 0.397 e. The molecule has 0 spiro atoms. The van der Waals surface area contributed by atoms with Crippen molar-refractivity contribution in [3.63, 3.8) is 0 Å². The Bertz CT molecular complexity index is 579. The highest BCUT2D eigenvalue weighted by Gasteiger charge is 2.22. The minimum atomic E-state index is 0.287. The first-order chi connectivity index (χ1) is 9.25. The lowest BCUT2D eigenvalue weighted by molar-refractivity contribution is 0.0997. The monoisotopic (exact) mass is 257 g/mol. The van der Waals surface area contributed by atoms with Crippen molar-refractivity contribution in [2.45, 2.75) is 31.9 Å². The Morgan fingerprint density at radius 2 is 2.32 bits per heavy atom. The number of nitrogens with one attached hydrogen (secondary N) is 1. The molecule has 2 aromatic rings. The van der Waals surface area contributed by atoms with Crippen molar-refractivity contribution in [1.82, 2.24) is 4.98 Å². The predicted molar refractivity (Wildman–Crippen MR) is 78.2 cm³/mol. The lowest BCUT2D eigenvalue weighted by atomic mass is 10.1. The smallest absolute Gasteiger partial charge is 0.0951 e. The lowest BCUT2D eigenvalue weighted by Crippen LogP contribution is -2.30. The second kappa shape index (κ2) is 5.05. The molecule has 1 aromatic carbocycles. The van der Waals surface area contributed by atoms with Gasteiger partial charge in [-0.1, -0.05) is 12.1 Å². The average molecular weight is 257 g/mol. The van der Waals surface area contributed by atoms with E-state index in [1.807, 2.05) is 24.3 Å². The molecule has 0 saturated carbocycles. The molecule has 1 fully saturated rings. The quantitative estimate of drug-likeness (QED) is 0.830. The van der Waals surface area contributed by atoms with E-state index in [4.69, 9.17) is 10.5 Å². The first kappa shape index (κ1) is 12.2. The third-order valence-corrected chi connectivity index (χ3v) is 3.71. The number of nitrogens with zero attached hydrogens (tertiary/aromatic N) is 1. The fraction of sp³-hybridized carbons (Fsp3) is 0.400. The molecule has 0 amide bonds. The van der Waals surface area contributed by atoms with E-state index < -0.39 is 0 Å². The molecule has 2 heterocycles. The topological polar surface area (TPSA) is 60.2 Å². The molecule has 4 heteroatoms. The summed E-state index contributed by atoms with van der Waals surface area (Å²) in [5.41, 5.74) is 8.60. The number of benzene rings is 1. The van der Waals surface area contributed by atoms with E-state index >= 15 is 0 Å². The molecular formula is C15H19N3O. The summed E-state index contributed by atoms with van der Waals surface area (Å²) >= 11 is 0. The number of hydrogen-bond donors (Lipinski definition) is 2. The second-order valence-electron chi connectivity index (χ2n) is 5.09. The van der Waals surface area contributed by atoms with Crippen LogP contribution in [-0.2, 0) is 4.74 Å². The van der Waals surface area contributed by atoms with E-state index in [-0.39, 0.29) is 6.04 Å². The highest BCUT2D eigenvalue weighted by atomic mass is 16.5. The number of pyridine rings is 1. The molecule has 1 aromatic heterocycles. The van der Waals surface area contributed by atoms with Gasteiger partial charge in [-0.05, 0) is 31.9 Å². The first-order valence-electron chi connectivity index (χ1n) is 6.77. The highest BCUT2D eigenvalue weighted by molar-refractivity contribution is 5.97. The van der Waals surface area contributed by atoms with Gasteiger partial charge in [-0.15, -0.1) is 0 Å². The number of para-hydroxylation sites is 1. The Balaban J connectivity index is 1.90. The third-order valence-electron chi connectivity index (χ3n) is 3.71. The fourth-order valence-electron chi connectivity index (χ4n) is 2.66. The number of nitrogens with two attached hydrogens (primary N) is 1. The van der Waals surface area contributed by atoms with Crippen LogP contribution in [0.2, 0.25) is 0 Å². The van der Waals surface area contributed by atoms with Gasteiger partial charge >= 0.3 is 0 Å². The Labute approximate surface area is 113 Å². The van der Waals surface area contributed by atoms with E-state index in [0.717, 1.165) is 36.0 Å². The molecule has 0 aliphatic carbocycles. The van der Waals surface area contributed by atoms with Gasteiger partial charge in [0.05, 0.1) is 17.3 Å². The molecule has 100 valence electrons. The van der Waals surface area contributed by atoms with Gasteiger partial charge in [-0.2, -0.15) is 0 Å². The number of nitrogen functional groups attached to an aromatic ring is 1. The van der Waals surface area contributed by atoms with Crippen molar-refractivity contribution in [2.24, 2.45) is 0 Å². The predicted octanol–water partition coefficient (Wildman–Crippen LogP) is 2.80. The van der Waals surface area contributed by atoms with Crippen molar-refractivity contribution >= 4 is 22.3 Å². The lowest BCUT2D eigenvalue weighted by Gasteiger charge is -2.22. The number of hydrogen-bond acceptors (Lipinski definition) is 4. The van der Waals surface area contributed by atoms with Crippen LogP contribution in [0, 0.1) is 0 Å². The Hall–Kier alpha value is -1.81. The second-order valence-corrected chi connectivity index (χ2v) is 5.09. The van der Waals surface area contributed by atoms with Crippen LogP contribution in [0.1, 0.15) is 19.8 Å². The van der Waals surface area contributed by atoms with Crippen LogP contribution in [-0.4, -0.2) is 23.7 Å². The van der Waals surface area contributed by atoms with Crippen molar-refractivity contribution in [2.75, 3.05) is 17.7 Å². The average Bonchev–Trinajstić information content (AvgIpc) is 2.94. The van der Waals surface area contributed by atoms with Gasteiger partial charge in [-0.3, -0.25) is 4.98 Å². The summed E-state index contributed by atoms with van der Waals surface area (Å²) in [6.45, 7) is 3.04.